The molecule has 0 amide bonds. The standard InChI is InChI=1S/C40H34O6/c1-29(2)37-25-40(46-39(37)42,27-44-26-34-7-5-4-6-8-34)28-45-38(41)35-21-17-32(18-22-35)15-13-30-9-11-31(12-10-30)14-16-33-19-23-36(43-3)24-20-33/h4-12,17-24H,25-28H2,1-3H3. The van der Waals surface area contributed by atoms with E-state index in [4.69, 9.17) is 18.9 Å². The molecular weight excluding hydrogens is 576 g/mol. The molecule has 1 fully saturated rings. The lowest BCUT2D eigenvalue weighted by atomic mass is 9.97. The number of esters is 2. The smallest absolute Gasteiger partial charge is 0.338 e. The Morgan fingerprint density at radius 1 is 0.739 bits per heavy atom. The van der Waals surface area contributed by atoms with Crippen molar-refractivity contribution < 1.29 is 28.5 Å². The fourth-order valence-corrected chi connectivity index (χ4v) is 4.77. The van der Waals surface area contributed by atoms with E-state index in [1.54, 1.807) is 31.4 Å². The molecule has 0 N–H and O–H groups in total. The highest BCUT2D eigenvalue weighted by Crippen LogP contribution is 2.34. The van der Waals surface area contributed by atoms with Crippen molar-refractivity contribution in [2.75, 3.05) is 20.3 Å². The van der Waals surface area contributed by atoms with Crippen molar-refractivity contribution >= 4 is 11.9 Å². The summed E-state index contributed by atoms with van der Waals surface area (Å²) in [6, 6.07) is 31.9. The second kappa shape index (κ2) is 14.9. The molecule has 46 heavy (non-hydrogen) atoms. The van der Waals surface area contributed by atoms with Crippen molar-refractivity contribution in [2.45, 2.75) is 32.5 Å². The van der Waals surface area contributed by atoms with Crippen LogP contribution in [0.1, 0.15) is 58.4 Å². The lowest BCUT2D eigenvalue weighted by Crippen LogP contribution is -2.40. The third-order valence-corrected chi connectivity index (χ3v) is 7.40. The van der Waals surface area contributed by atoms with Crippen molar-refractivity contribution in [3.05, 3.63) is 148 Å². The zero-order valence-electron chi connectivity index (χ0n) is 26.1. The Morgan fingerprint density at radius 2 is 1.26 bits per heavy atom. The maximum absolute atomic E-state index is 13.0. The zero-order valence-corrected chi connectivity index (χ0v) is 26.1. The normalized spacial score (nSPS) is 15.1. The van der Waals surface area contributed by atoms with Crippen molar-refractivity contribution in [3.63, 3.8) is 0 Å². The van der Waals surface area contributed by atoms with Gasteiger partial charge < -0.3 is 18.9 Å². The molecule has 230 valence electrons. The van der Waals surface area contributed by atoms with Crippen molar-refractivity contribution in [1.82, 2.24) is 0 Å². The van der Waals surface area contributed by atoms with Gasteiger partial charge in [-0.05, 0) is 92.2 Å². The Labute approximate surface area is 270 Å². The van der Waals surface area contributed by atoms with E-state index in [1.807, 2.05) is 92.7 Å². The number of carbonyl (C=O) groups excluding carboxylic acids is 2. The maximum atomic E-state index is 13.0. The summed E-state index contributed by atoms with van der Waals surface area (Å²) in [6.07, 6.45) is 0.307. The first-order valence-electron chi connectivity index (χ1n) is 14.9. The molecule has 0 radical (unpaired) electrons. The van der Waals surface area contributed by atoms with E-state index in [0.29, 0.717) is 24.2 Å². The van der Waals surface area contributed by atoms with Gasteiger partial charge in [-0.1, -0.05) is 59.6 Å². The van der Waals surface area contributed by atoms with Gasteiger partial charge in [-0.25, -0.2) is 9.59 Å². The number of cyclic esters (lactones) is 1. The Morgan fingerprint density at radius 3 is 1.76 bits per heavy atom. The summed E-state index contributed by atoms with van der Waals surface area (Å²) in [5, 5.41) is 0. The van der Waals surface area contributed by atoms with Crippen LogP contribution >= 0.6 is 0 Å². The number of carbonyl (C=O) groups is 2. The van der Waals surface area contributed by atoms with Crippen molar-refractivity contribution in [3.8, 4) is 29.4 Å². The average molecular weight is 611 g/mol. The second-order valence-corrected chi connectivity index (χ2v) is 11.2. The number of methoxy groups -OCH3 is 1. The summed E-state index contributed by atoms with van der Waals surface area (Å²) < 4.78 is 22.5. The maximum Gasteiger partial charge on any atom is 0.338 e. The van der Waals surface area contributed by atoms with Gasteiger partial charge in [-0.3, -0.25) is 0 Å². The molecule has 0 bridgehead atoms. The molecule has 0 saturated carbocycles. The molecule has 1 saturated heterocycles. The number of benzene rings is 4. The Balaban J connectivity index is 1.18. The number of ether oxygens (including phenoxy) is 4. The SMILES string of the molecule is COc1ccc(C#Cc2ccc(C#Cc3ccc(C(=O)OCC4(COCc5ccccc5)CC(=C(C)C)C(=O)O4)cc3)cc2)cc1. The summed E-state index contributed by atoms with van der Waals surface area (Å²) in [4.78, 5) is 25.6. The van der Waals surface area contributed by atoms with Gasteiger partial charge in [0.15, 0.2) is 5.60 Å². The molecule has 1 aliphatic rings. The predicted octanol–water partition coefficient (Wildman–Crippen LogP) is 6.89. The highest BCUT2D eigenvalue weighted by atomic mass is 16.6. The summed E-state index contributed by atoms with van der Waals surface area (Å²) in [7, 11) is 1.64. The molecule has 4 aromatic carbocycles. The van der Waals surface area contributed by atoms with Gasteiger partial charge in [-0.2, -0.15) is 0 Å². The van der Waals surface area contributed by atoms with E-state index in [9.17, 15) is 9.59 Å². The van der Waals surface area contributed by atoms with E-state index < -0.39 is 17.5 Å². The van der Waals surface area contributed by atoms with Crippen LogP contribution in [0.5, 0.6) is 5.75 Å². The minimum absolute atomic E-state index is 0.0996. The van der Waals surface area contributed by atoms with Crippen molar-refractivity contribution in [2.24, 2.45) is 0 Å². The number of hydrogen-bond donors (Lipinski definition) is 0. The summed E-state index contributed by atoms with van der Waals surface area (Å²) in [5.74, 6) is 12.4. The van der Waals surface area contributed by atoms with Gasteiger partial charge in [0.05, 0.1) is 25.9 Å². The molecular formula is C40H34O6. The quantitative estimate of drug-likeness (QED) is 0.123. The molecule has 4 aromatic rings. The van der Waals surface area contributed by atoms with E-state index in [2.05, 4.69) is 23.7 Å². The number of hydrogen-bond acceptors (Lipinski definition) is 6. The molecule has 5 rings (SSSR count). The predicted molar refractivity (Wildman–Crippen MR) is 176 cm³/mol. The van der Waals surface area contributed by atoms with Crippen LogP contribution in [0.4, 0.5) is 0 Å². The van der Waals surface area contributed by atoms with Crippen LogP contribution in [0.2, 0.25) is 0 Å². The monoisotopic (exact) mass is 610 g/mol. The van der Waals surface area contributed by atoms with Crippen LogP contribution in [0.25, 0.3) is 0 Å². The van der Waals surface area contributed by atoms with Crippen LogP contribution in [0.15, 0.2) is 114 Å². The highest BCUT2D eigenvalue weighted by molar-refractivity contribution is 5.92. The average Bonchev–Trinajstić information content (AvgIpc) is 3.43. The lowest BCUT2D eigenvalue weighted by molar-refractivity contribution is -0.157. The molecule has 6 heteroatoms. The zero-order chi connectivity index (χ0) is 32.4. The third-order valence-electron chi connectivity index (χ3n) is 7.40. The van der Waals surface area contributed by atoms with E-state index >= 15 is 0 Å². The molecule has 1 aliphatic heterocycles. The number of rotatable bonds is 8. The minimum Gasteiger partial charge on any atom is -0.497 e. The molecule has 0 aromatic heterocycles. The second-order valence-electron chi connectivity index (χ2n) is 11.2. The largest absolute Gasteiger partial charge is 0.497 e. The summed E-state index contributed by atoms with van der Waals surface area (Å²) >= 11 is 0. The van der Waals surface area contributed by atoms with Gasteiger partial charge in [0.2, 0.25) is 0 Å². The Bertz CT molecular complexity index is 1830. The first kappa shape index (κ1) is 31.9. The van der Waals surface area contributed by atoms with Crippen molar-refractivity contribution in [1.29, 1.82) is 0 Å². The fraction of sp³-hybridized carbons (Fsp3) is 0.200. The van der Waals surface area contributed by atoms with Gasteiger partial charge in [0.25, 0.3) is 0 Å². The van der Waals surface area contributed by atoms with E-state index in [1.165, 1.54) is 0 Å². The Hall–Kier alpha value is -5.56. The molecule has 0 spiro atoms. The van der Waals surface area contributed by atoms with Gasteiger partial charge in [0.1, 0.15) is 12.4 Å². The third kappa shape index (κ3) is 8.54. The van der Waals surface area contributed by atoms with Gasteiger partial charge >= 0.3 is 11.9 Å². The minimum atomic E-state index is -1.09. The lowest BCUT2D eigenvalue weighted by Gasteiger charge is -2.26. The number of allylic oxidation sites excluding steroid dienone is 1. The van der Waals surface area contributed by atoms with Gasteiger partial charge in [-0.15, -0.1) is 0 Å². The molecule has 1 unspecified atom stereocenters. The van der Waals surface area contributed by atoms with E-state index in [0.717, 1.165) is 39.1 Å². The van der Waals surface area contributed by atoms with Crippen LogP contribution in [-0.4, -0.2) is 37.9 Å². The van der Waals surface area contributed by atoms with Gasteiger partial charge in [0, 0.05) is 34.2 Å². The molecule has 1 heterocycles. The summed E-state index contributed by atoms with van der Waals surface area (Å²) in [5.41, 5.74) is 5.13. The fourth-order valence-electron chi connectivity index (χ4n) is 4.77. The summed E-state index contributed by atoms with van der Waals surface area (Å²) in [6.45, 7) is 4.06. The highest BCUT2D eigenvalue weighted by Gasteiger charge is 2.45. The van der Waals surface area contributed by atoms with Crippen LogP contribution < -0.4 is 4.74 Å². The Kier molecular flexibility index (Phi) is 10.4. The molecule has 6 nitrogen and oxygen atoms in total. The van der Waals surface area contributed by atoms with Crippen LogP contribution in [-0.2, 0) is 25.6 Å². The first-order chi connectivity index (χ1) is 22.3. The van der Waals surface area contributed by atoms with E-state index in [-0.39, 0.29) is 13.2 Å². The molecule has 0 aliphatic carbocycles. The first-order valence-corrected chi connectivity index (χ1v) is 14.9. The molecule has 1 atom stereocenters. The topological polar surface area (TPSA) is 71.1 Å². The van der Waals surface area contributed by atoms with Crippen LogP contribution in [0, 0.1) is 23.7 Å². The van der Waals surface area contributed by atoms with Crippen LogP contribution in [0.3, 0.4) is 0 Å².